The topological polar surface area (TPSA) is 32.8 Å². The Hall–Kier alpha value is -0.870. The maximum absolute atomic E-state index is 12.7. The largest absolute Gasteiger partial charge is 0.380 e. The van der Waals surface area contributed by atoms with Crippen molar-refractivity contribution in [1.82, 2.24) is 9.80 Å². The van der Waals surface area contributed by atoms with Crippen LogP contribution in [-0.4, -0.2) is 60.1 Å². The number of carbonyl (C=O) groups is 1. The molecule has 0 radical (unpaired) electrons. The second-order valence-electron chi connectivity index (χ2n) is 8.64. The minimum absolute atomic E-state index is 0.228. The molecule has 0 unspecified atom stereocenters. The molecule has 2 aliphatic carbocycles. The predicted molar refractivity (Wildman–Crippen MR) is 99.4 cm³/mol. The predicted octanol–water partition coefficient (Wildman–Crippen LogP) is 3.22. The molecule has 2 saturated heterocycles. The second kappa shape index (κ2) is 7.40. The monoisotopic (exact) mass is 346 g/mol. The van der Waals surface area contributed by atoms with Crippen molar-refractivity contribution in [2.45, 2.75) is 69.9 Å². The number of hydrogen-bond acceptors (Lipinski definition) is 3. The first kappa shape index (κ1) is 17.5. The van der Waals surface area contributed by atoms with Gasteiger partial charge in [0.2, 0.25) is 5.91 Å². The van der Waals surface area contributed by atoms with Gasteiger partial charge in [0.15, 0.2) is 0 Å². The molecule has 0 aromatic rings. The first-order valence-corrected chi connectivity index (χ1v) is 10.5. The van der Waals surface area contributed by atoms with E-state index in [4.69, 9.17) is 4.74 Å². The van der Waals surface area contributed by atoms with E-state index < -0.39 is 0 Å². The number of allylic oxidation sites excluding steroid dienone is 2. The van der Waals surface area contributed by atoms with Crippen LogP contribution < -0.4 is 0 Å². The number of carbonyl (C=O) groups excluding carboxylic acids is 1. The van der Waals surface area contributed by atoms with Crippen LogP contribution in [0.5, 0.6) is 0 Å². The third kappa shape index (κ3) is 3.66. The molecule has 25 heavy (non-hydrogen) atoms. The Bertz CT molecular complexity index is 498. The molecule has 0 aromatic heterocycles. The normalized spacial score (nSPS) is 29.8. The molecule has 0 bridgehead atoms. The molecular formula is C21H34N2O2. The Balaban J connectivity index is 1.38. The molecule has 1 atom stereocenters. The highest BCUT2D eigenvalue weighted by Gasteiger charge is 2.49. The van der Waals surface area contributed by atoms with Crippen LogP contribution in [0, 0.1) is 11.8 Å². The van der Waals surface area contributed by atoms with Gasteiger partial charge in [-0.25, -0.2) is 0 Å². The lowest BCUT2D eigenvalue weighted by atomic mass is 9.84. The Morgan fingerprint density at radius 3 is 2.48 bits per heavy atom. The zero-order chi connectivity index (χ0) is 17.3. The molecule has 4 rings (SSSR count). The van der Waals surface area contributed by atoms with Crippen molar-refractivity contribution >= 4 is 5.91 Å². The van der Waals surface area contributed by atoms with E-state index in [1.54, 1.807) is 0 Å². The molecule has 2 aliphatic heterocycles. The number of piperidine rings is 1. The van der Waals surface area contributed by atoms with E-state index in [1.807, 2.05) is 0 Å². The number of likely N-dealkylation sites (tertiary alicyclic amines) is 2. The van der Waals surface area contributed by atoms with Crippen molar-refractivity contribution < 1.29 is 9.53 Å². The van der Waals surface area contributed by atoms with E-state index in [0.717, 1.165) is 57.9 Å². The second-order valence-corrected chi connectivity index (χ2v) is 8.64. The fraction of sp³-hybridized carbons (Fsp3) is 0.857. The molecule has 0 aromatic carbocycles. The Kier molecular flexibility index (Phi) is 5.19. The Labute approximate surface area is 152 Å². The summed E-state index contributed by atoms with van der Waals surface area (Å²) in [5.74, 6) is 1.55. The number of nitrogens with zero attached hydrogens (tertiary/aromatic N) is 2. The highest BCUT2D eigenvalue weighted by Crippen LogP contribution is 2.45. The number of ether oxygens (including phenoxy) is 1. The molecule has 0 N–H and O–H groups in total. The summed E-state index contributed by atoms with van der Waals surface area (Å²) in [6, 6.07) is 0.599. The maximum atomic E-state index is 12.7. The summed E-state index contributed by atoms with van der Waals surface area (Å²) >= 11 is 0. The summed E-state index contributed by atoms with van der Waals surface area (Å²) in [7, 11) is 0. The van der Waals surface area contributed by atoms with Gasteiger partial charge in [-0.1, -0.05) is 12.2 Å². The van der Waals surface area contributed by atoms with Crippen LogP contribution in [0.25, 0.3) is 0 Å². The van der Waals surface area contributed by atoms with E-state index >= 15 is 0 Å². The van der Waals surface area contributed by atoms with Crippen molar-refractivity contribution in [1.29, 1.82) is 0 Å². The summed E-state index contributed by atoms with van der Waals surface area (Å²) in [5.41, 5.74) is 0.342. The molecule has 140 valence electrons. The van der Waals surface area contributed by atoms with E-state index in [2.05, 4.69) is 28.9 Å². The van der Waals surface area contributed by atoms with Crippen molar-refractivity contribution in [3.05, 3.63) is 12.2 Å². The van der Waals surface area contributed by atoms with Crippen LogP contribution in [0.4, 0.5) is 0 Å². The van der Waals surface area contributed by atoms with Crippen LogP contribution in [0.15, 0.2) is 12.2 Å². The van der Waals surface area contributed by atoms with Crippen LogP contribution in [0.3, 0.4) is 0 Å². The lowest BCUT2D eigenvalue weighted by Crippen LogP contribution is -2.56. The first-order valence-electron chi connectivity index (χ1n) is 10.5. The average molecular weight is 347 g/mol. The maximum Gasteiger partial charge on any atom is 0.226 e. The van der Waals surface area contributed by atoms with Gasteiger partial charge in [0, 0.05) is 43.7 Å². The standard InChI is InChI=1S/C21H34N2O2/c1-2-25-16-19-9-10-21(23(19)15-17-7-8-17)11-13-22(14-12-21)20(24)18-5-3-4-6-18/h3-4,17-19H,2,5-16H2,1H3/t19-/m1/s1. The average Bonchev–Trinajstić information content (AvgIpc) is 3.17. The van der Waals surface area contributed by atoms with Crippen LogP contribution in [-0.2, 0) is 9.53 Å². The van der Waals surface area contributed by atoms with Crippen molar-refractivity contribution in [2.24, 2.45) is 11.8 Å². The highest BCUT2D eigenvalue weighted by atomic mass is 16.5. The Morgan fingerprint density at radius 1 is 1.12 bits per heavy atom. The molecule has 1 amide bonds. The van der Waals surface area contributed by atoms with Gasteiger partial charge >= 0.3 is 0 Å². The molecule has 3 fully saturated rings. The van der Waals surface area contributed by atoms with Gasteiger partial charge in [-0.2, -0.15) is 0 Å². The van der Waals surface area contributed by atoms with E-state index in [9.17, 15) is 4.79 Å². The third-order valence-corrected chi connectivity index (χ3v) is 7.02. The van der Waals surface area contributed by atoms with Gasteiger partial charge in [-0.15, -0.1) is 0 Å². The third-order valence-electron chi connectivity index (χ3n) is 7.02. The van der Waals surface area contributed by atoms with E-state index in [-0.39, 0.29) is 5.92 Å². The van der Waals surface area contributed by atoms with Gasteiger partial charge < -0.3 is 9.64 Å². The SMILES string of the molecule is CCOC[C@H]1CCC2(CCN(C(=O)C3CC=CC3)CC2)N1CC1CC1. The first-order chi connectivity index (χ1) is 12.2. The lowest BCUT2D eigenvalue weighted by molar-refractivity contribution is -0.138. The van der Waals surface area contributed by atoms with Crippen molar-refractivity contribution in [3.63, 3.8) is 0 Å². The highest BCUT2D eigenvalue weighted by molar-refractivity contribution is 5.79. The summed E-state index contributed by atoms with van der Waals surface area (Å²) in [5, 5.41) is 0. The van der Waals surface area contributed by atoms with Gasteiger partial charge in [0.05, 0.1) is 6.61 Å². The van der Waals surface area contributed by atoms with Crippen LogP contribution in [0.2, 0.25) is 0 Å². The molecule has 2 heterocycles. The smallest absolute Gasteiger partial charge is 0.226 e. The van der Waals surface area contributed by atoms with Crippen LogP contribution in [0.1, 0.15) is 58.3 Å². The number of hydrogen-bond donors (Lipinski definition) is 0. The van der Waals surface area contributed by atoms with Gasteiger partial charge in [-0.3, -0.25) is 9.69 Å². The minimum atomic E-state index is 0.228. The Morgan fingerprint density at radius 2 is 1.84 bits per heavy atom. The van der Waals surface area contributed by atoms with Crippen LogP contribution >= 0.6 is 0 Å². The fourth-order valence-electron chi connectivity index (χ4n) is 5.23. The molecular weight excluding hydrogens is 312 g/mol. The number of rotatable bonds is 6. The summed E-state index contributed by atoms with van der Waals surface area (Å²) in [6.45, 7) is 6.98. The van der Waals surface area contributed by atoms with Crippen molar-refractivity contribution in [3.8, 4) is 0 Å². The molecule has 4 heteroatoms. The molecule has 4 aliphatic rings. The molecule has 1 spiro atoms. The van der Waals surface area contributed by atoms with Gasteiger partial charge in [0.25, 0.3) is 0 Å². The lowest BCUT2D eigenvalue weighted by Gasteiger charge is -2.47. The van der Waals surface area contributed by atoms with Gasteiger partial charge in [0.1, 0.15) is 0 Å². The fourth-order valence-corrected chi connectivity index (χ4v) is 5.23. The zero-order valence-corrected chi connectivity index (χ0v) is 15.8. The summed E-state index contributed by atoms with van der Waals surface area (Å²) in [4.78, 5) is 17.7. The summed E-state index contributed by atoms with van der Waals surface area (Å²) in [6.07, 6.45) is 13.9. The van der Waals surface area contributed by atoms with Crippen molar-refractivity contribution in [2.75, 3.05) is 32.8 Å². The number of amides is 1. The zero-order valence-electron chi connectivity index (χ0n) is 15.8. The minimum Gasteiger partial charge on any atom is -0.380 e. The van der Waals surface area contributed by atoms with Gasteiger partial charge in [-0.05, 0) is 64.2 Å². The summed E-state index contributed by atoms with van der Waals surface area (Å²) < 4.78 is 5.80. The molecule has 4 nitrogen and oxygen atoms in total. The quantitative estimate of drug-likeness (QED) is 0.692. The van der Waals surface area contributed by atoms with E-state index in [1.165, 1.54) is 32.2 Å². The molecule has 1 saturated carbocycles. The van der Waals surface area contributed by atoms with E-state index in [0.29, 0.717) is 17.5 Å².